The molecule has 24 heavy (non-hydrogen) atoms. The van der Waals surface area contributed by atoms with Gasteiger partial charge >= 0.3 is 5.97 Å². The van der Waals surface area contributed by atoms with Gasteiger partial charge in [0.05, 0.1) is 51.8 Å². The summed E-state index contributed by atoms with van der Waals surface area (Å²) in [5.41, 5.74) is 1.54. The van der Waals surface area contributed by atoms with Crippen molar-refractivity contribution in [2.45, 2.75) is 0 Å². The number of hydrogen-bond donors (Lipinski definition) is 1. The van der Waals surface area contributed by atoms with Crippen LogP contribution in [0.4, 0.5) is 5.69 Å². The number of hydrogen-bond acceptors (Lipinski definition) is 7. The first-order chi connectivity index (χ1) is 11.6. The third kappa shape index (κ3) is 8.83. The first-order valence-electron chi connectivity index (χ1n) is 7.93. The van der Waals surface area contributed by atoms with Crippen molar-refractivity contribution in [3.05, 3.63) is 29.8 Å². The molecule has 1 aromatic carbocycles. The van der Waals surface area contributed by atoms with Crippen molar-refractivity contribution in [3.8, 4) is 0 Å². The number of anilines is 1. The number of rotatable bonds is 13. The van der Waals surface area contributed by atoms with Gasteiger partial charge in [0.15, 0.2) is 0 Å². The molecule has 1 N–H and O–H groups in total. The molecule has 0 unspecified atom stereocenters. The number of benzene rings is 1. The topological polar surface area (TPSA) is 77.5 Å². The van der Waals surface area contributed by atoms with E-state index in [1.54, 1.807) is 12.1 Å². The fraction of sp³-hybridized carbons (Fsp3) is 0.588. The Hall–Kier alpha value is -1.67. The lowest BCUT2D eigenvalue weighted by atomic mass is 10.2. The Bertz CT molecular complexity index is 449. The van der Waals surface area contributed by atoms with Gasteiger partial charge in [-0.2, -0.15) is 0 Å². The van der Waals surface area contributed by atoms with Crippen LogP contribution in [0.5, 0.6) is 0 Å². The van der Waals surface area contributed by atoms with E-state index in [0.717, 1.165) is 5.69 Å². The number of ether oxygens (including phenoxy) is 4. The highest BCUT2D eigenvalue weighted by atomic mass is 16.6. The van der Waals surface area contributed by atoms with Crippen molar-refractivity contribution < 1.29 is 28.8 Å². The zero-order chi connectivity index (χ0) is 17.6. The number of esters is 1. The highest BCUT2D eigenvalue weighted by molar-refractivity contribution is 5.89. The van der Waals surface area contributed by atoms with Crippen LogP contribution in [-0.4, -0.2) is 78.0 Å². The summed E-state index contributed by atoms with van der Waals surface area (Å²) >= 11 is 0. The van der Waals surface area contributed by atoms with Crippen LogP contribution in [0.15, 0.2) is 24.3 Å². The lowest BCUT2D eigenvalue weighted by Crippen LogP contribution is -2.14. The SMILES string of the molecule is CN(C)c1ccc(C(=O)OCCOCCOCCOCCO)cc1. The number of aliphatic hydroxyl groups is 1. The Morgan fingerprint density at radius 1 is 0.875 bits per heavy atom. The lowest BCUT2D eigenvalue weighted by Gasteiger charge is -2.12. The van der Waals surface area contributed by atoms with Crippen molar-refractivity contribution >= 4 is 11.7 Å². The normalized spacial score (nSPS) is 10.6. The standard InChI is InChI=1S/C17H27NO6/c1-18(2)16-5-3-15(4-6-16)17(20)24-14-13-23-12-11-22-10-9-21-8-7-19/h3-6,19H,7-14H2,1-2H3. The molecule has 0 fully saturated rings. The minimum absolute atomic E-state index is 0.0155. The molecule has 0 bridgehead atoms. The summed E-state index contributed by atoms with van der Waals surface area (Å²) in [7, 11) is 3.88. The maximum absolute atomic E-state index is 11.8. The second-order valence-corrected chi connectivity index (χ2v) is 5.14. The predicted molar refractivity (Wildman–Crippen MR) is 90.6 cm³/mol. The van der Waals surface area contributed by atoms with Gasteiger partial charge in [-0.25, -0.2) is 4.79 Å². The van der Waals surface area contributed by atoms with Gasteiger partial charge in [-0.05, 0) is 24.3 Å². The van der Waals surface area contributed by atoms with E-state index < -0.39 is 0 Å². The maximum Gasteiger partial charge on any atom is 0.338 e. The van der Waals surface area contributed by atoms with Crippen LogP contribution in [0, 0.1) is 0 Å². The molecule has 0 amide bonds. The summed E-state index contributed by atoms with van der Waals surface area (Å²) in [6, 6.07) is 7.22. The summed E-state index contributed by atoms with van der Waals surface area (Å²) in [5.74, 6) is -0.360. The molecule has 0 atom stereocenters. The van der Waals surface area contributed by atoms with Gasteiger partial charge in [-0.15, -0.1) is 0 Å². The van der Waals surface area contributed by atoms with Gasteiger partial charge in [0.2, 0.25) is 0 Å². The summed E-state index contributed by atoms with van der Waals surface area (Å²) in [6.45, 7) is 2.65. The zero-order valence-corrected chi connectivity index (χ0v) is 14.4. The van der Waals surface area contributed by atoms with Gasteiger partial charge in [-0.1, -0.05) is 0 Å². The fourth-order valence-corrected chi connectivity index (χ4v) is 1.78. The van der Waals surface area contributed by atoms with E-state index >= 15 is 0 Å². The summed E-state index contributed by atoms with van der Waals surface area (Å²) in [6.07, 6.45) is 0. The molecule has 1 aromatic rings. The van der Waals surface area contributed by atoms with Crippen molar-refractivity contribution in [3.63, 3.8) is 0 Å². The molecule has 7 heteroatoms. The van der Waals surface area contributed by atoms with Crippen molar-refractivity contribution in [2.24, 2.45) is 0 Å². The molecule has 0 radical (unpaired) electrons. The Balaban J connectivity index is 2.01. The summed E-state index contributed by atoms with van der Waals surface area (Å²) in [4.78, 5) is 13.8. The second-order valence-electron chi connectivity index (χ2n) is 5.14. The smallest absolute Gasteiger partial charge is 0.338 e. The number of carbonyl (C=O) groups is 1. The van der Waals surface area contributed by atoms with Gasteiger partial charge < -0.3 is 29.0 Å². The van der Waals surface area contributed by atoms with Crippen LogP contribution in [0.25, 0.3) is 0 Å². The third-order valence-corrected chi connectivity index (χ3v) is 3.06. The molecule has 7 nitrogen and oxygen atoms in total. The third-order valence-electron chi connectivity index (χ3n) is 3.06. The Labute approximate surface area is 143 Å². The minimum atomic E-state index is -0.360. The monoisotopic (exact) mass is 341 g/mol. The molecular formula is C17H27NO6. The zero-order valence-electron chi connectivity index (χ0n) is 14.4. The van der Waals surface area contributed by atoms with Gasteiger partial charge in [0, 0.05) is 19.8 Å². The van der Waals surface area contributed by atoms with Crippen LogP contribution in [-0.2, 0) is 18.9 Å². The van der Waals surface area contributed by atoms with Crippen molar-refractivity contribution in [1.82, 2.24) is 0 Å². The summed E-state index contributed by atoms with van der Waals surface area (Å²) < 4.78 is 20.8. The maximum atomic E-state index is 11.8. The molecule has 0 heterocycles. The summed E-state index contributed by atoms with van der Waals surface area (Å²) in [5, 5.41) is 8.51. The molecule has 0 aliphatic heterocycles. The molecule has 0 aromatic heterocycles. The quantitative estimate of drug-likeness (QED) is 0.423. The van der Waals surface area contributed by atoms with Crippen LogP contribution in [0.2, 0.25) is 0 Å². The van der Waals surface area contributed by atoms with E-state index in [9.17, 15) is 4.79 Å². The molecule has 0 saturated heterocycles. The average Bonchev–Trinajstić information content (AvgIpc) is 2.59. The predicted octanol–water partition coefficient (Wildman–Crippen LogP) is 0.952. The van der Waals surface area contributed by atoms with Crippen LogP contribution < -0.4 is 4.90 Å². The molecule has 136 valence electrons. The minimum Gasteiger partial charge on any atom is -0.460 e. The van der Waals surface area contributed by atoms with Crippen LogP contribution in [0.1, 0.15) is 10.4 Å². The Kier molecular flexibility index (Phi) is 10.8. The molecule has 0 aliphatic rings. The molecule has 0 saturated carbocycles. The van der Waals surface area contributed by atoms with Crippen LogP contribution >= 0.6 is 0 Å². The highest BCUT2D eigenvalue weighted by Crippen LogP contribution is 2.12. The number of carbonyl (C=O) groups excluding carboxylic acids is 1. The van der Waals surface area contributed by atoms with Crippen molar-refractivity contribution in [2.75, 3.05) is 71.9 Å². The van der Waals surface area contributed by atoms with E-state index in [2.05, 4.69) is 0 Å². The largest absolute Gasteiger partial charge is 0.460 e. The van der Waals surface area contributed by atoms with E-state index in [1.165, 1.54) is 0 Å². The average molecular weight is 341 g/mol. The number of aliphatic hydroxyl groups excluding tert-OH is 1. The van der Waals surface area contributed by atoms with Crippen LogP contribution in [0.3, 0.4) is 0 Å². The van der Waals surface area contributed by atoms with Gasteiger partial charge in [0.1, 0.15) is 6.61 Å². The molecule has 0 aliphatic carbocycles. The van der Waals surface area contributed by atoms with Crippen molar-refractivity contribution in [1.29, 1.82) is 0 Å². The first kappa shape index (κ1) is 20.4. The number of nitrogens with zero attached hydrogens (tertiary/aromatic N) is 1. The molecule has 1 rings (SSSR count). The second kappa shape index (κ2) is 12.7. The Morgan fingerprint density at radius 3 is 1.88 bits per heavy atom. The van der Waals surface area contributed by atoms with Gasteiger partial charge in [0.25, 0.3) is 0 Å². The van der Waals surface area contributed by atoms with E-state index in [1.807, 2.05) is 31.1 Å². The highest BCUT2D eigenvalue weighted by Gasteiger charge is 2.07. The fourth-order valence-electron chi connectivity index (χ4n) is 1.78. The van der Waals surface area contributed by atoms with E-state index in [0.29, 0.717) is 45.2 Å². The first-order valence-corrected chi connectivity index (χ1v) is 7.93. The Morgan fingerprint density at radius 2 is 1.38 bits per heavy atom. The molecule has 0 spiro atoms. The molecular weight excluding hydrogens is 314 g/mol. The van der Waals surface area contributed by atoms with E-state index in [4.69, 9.17) is 24.1 Å². The van der Waals surface area contributed by atoms with Gasteiger partial charge in [-0.3, -0.25) is 0 Å². The lowest BCUT2D eigenvalue weighted by molar-refractivity contribution is -0.00313. The van der Waals surface area contributed by atoms with E-state index in [-0.39, 0.29) is 19.2 Å².